The molecule has 0 aliphatic carbocycles. The Balaban J connectivity index is 2.10. The number of rotatable bonds is 7. The van der Waals surface area contributed by atoms with Crippen LogP contribution >= 0.6 is 11.5 Å². The van der Waals surface area contributed by atoms with E-state index in [0.29, 0.717) is 18.3 Å². The van der Waals surface area contributed by atoms with Crippen molar-refractivity contribution in [3.05, 3.63) is 11.5 Å². The average molecular weight is 297 g/mol. The zero-order valence-corrected chi connectivity index (χ0v) is 12.7. The Kier molecular flexibility index (Phi) is 5.16. The second-order valence-corrected chi connectivity index (χ2v) is 5.50. The topological polar surface area (TPSA) is 100.0 Å². The summed E-state index contributed by atoms with van der Waals surface area (Å²) in [5.74, 6) is 0.870. The van der Waals surface area contributed by atoms with E-state index in [1.54, 1.807) is 0 Å². The summed E-state index contributed by atoms with van der Waals surface area (Å²) in [6.45, 7) is 6.35. The van der Waals surface area contributed by atoms with Crippen molar-refractivity contribution >= 4 is 11.5 Å². The minimum atomic E-state index is -0.398. The molecule has 2 N–H and O–H groups in total. The molecule has 1 unspecified atom stereocenters. The van der Waals surface area contributed by atoms with E-state index in [1.165, 1.54) is 11.5 Å². The lowest BCUT2D eigenvalue weighted by Gasteiger charge is -2.10. The molecule has 20 heavy (non-hydrogen) atoms. The Morgan fingerprint density at radius 3 is 2.90 bits per heavy atom. The molecular formula is C12H19N5O2S. The van der Waals surface area contributed by atoms with Crippen LogP contribution in [-0.2, 0) is 11.2 Å². The van der Waals surface area contributed by atoms with E-state index in [0.717, 1.165) is 23.4 Å². The Hall–Kier alpha value is -1.38. The number of aryl methyl sites for hydroxylation is 1. The molecule has 2 aromatic heterocycles. The van der Waals surface area contributed by atoms with Crippen molar-refractivity contribution in [1.82, 2.24) is 19.7 Å². The van der Waals surface area contributed by atoms with Crippen molar-refractivity contribution in [2.75, 3.05) is 6.61 Å². The molecule has 0 saturated heterocycles. The highest BCUT2D eigenvalue weighted by Gasteiger charge is 2.20. The summed E-state index contributed by atoms with van der Waals surface area (Å²) in [5.41, 5.74) is 6.86. The van der Waals surface area contributed by atoms with Crippen molar-refractivity contribution in [1.29, 1.82) is 0 Å². The third kappa shape index (κ3) is 3.59. The molecule has 8 heteroatoms. The number of aromatic nitrogens is 4. The quantitative estimate of drug-likeness (QED) is 0.833. The molecular weight excluding hydrogens is 278 g/mol. The maximum Gasteiger partial charge on any atom is 0.271 e. The predicted octanol–water partition coefficient (Wildman–Crippen LogP) is 1.97. The fourth-order valence-corrected chi connectivity index (χ4v) is 2.25. The molecule has 2 rings (SSSR count). The van der Waals surface area contributed by atoms with Gasteiger partial charge in [-0.2, -0.15) is 4.98 Å². The smallest absolute Gasteiger partial charge is 0.271 e. The fraction of sp³-hybridized carbons (Fsp3) is 0.667. The van der Waals surface area contributed by atoms with Gasteiger partial charge < -0.3 is 15.0 Å². The van der Waals surface area contributed by atoms with Crippen molar-refractivity contribution in [3.63, 3.8) is 0 Å². The third-order valence-corrected chi connectivity index (χ3v) is 3.38. The number of ether oxygens (including phenoxy) is 1. The minimum Gasteiger partial charge on any atom is -0.377 e. The summed E-state index contributed by atoms with van der Waals surface area (Å²) in [7, 11) is 0. The van der Waals surface area contributed by atoms with Gasteiger partial charge in [0.25, 0.3) is 5.89 Å². The van der Waals surface area contributed by atoms with Crippen LogP contribution in [0.1, 0.15) is 44.8 Å². The normalized spacial score (nSPS) is 13.1. The zero-order valence-electron chi connectivity index (χ0n) is 11.9. The van der Waals surface area contributed by atoms with Gasteiger partial charge in [0.05, 0.1) is 24.4 Å². The number of hydrogen-bond donors (Lipinski definition) is 1. The molecule has 110 valence electrons. The molecule has 0 fully saturated rings. The van der Waals surface area contributed by atoms with Crippen molar-refractivity contribution in [2.45, 2.75) is 45.8 Å². The molecule has 0 aliphatic heterocycles. The van der Waals surface area contributed by atoms with E-state index in [9.17, 15) is 0 Å². The average Bonchev–Trinajstić information content (AvgIpc) is 3.04. The van der Waals surface area contributed by atoms with Crippen LogP contribution in [0.5, 0.6) is 0 Å². The summed E-state index contributed by atoms with van der Waals surface area (Å²) in [4.78, 5) is 5.14. The van der Waals surface area contributed by atoms with E-state index < -0.39 is 6.04 Å². The van der Waals surface area contributed by atoms with E-state index in [2.05, 4.69) is 26.7 Å². The van der Waals surface area contributed by atoms with Gasteiger partial charge in [-0.15, -0.1) is 5.10 Å². The second-order valence-electron chi connectivity index (χ2n) is 4.75. The van der Waals surface area contributed by atoms with Gasteiger partial charge in [-0.05, 0) is 31.8 Å². The van der Waals surface area contributed by atoms with E-state index in [4.69, 9.17) is 15.0 Å². The van der Waals surface area contributed by atoms with Crippen LogP contribution in [0.2, 0.25) is 0 Å². The predicted molar refractivity (Wildman–Crippen MR) is 75.2 cm³/mol. The first-order valence-electron chi connectivity index (χ1n) is 6.64. The zero-order chi connectivity index (χ0) is 14.5. The fourth-order valence-electron chi connectivity index (χ4n) is 1.62. The lowest BCUT2D eigenvalue weighted by atomic mass is 10.2. The third-order valence-electron chi connectivity index (χ3n) is 2.62. The molecule has 0 radical (unpaired) electrons. The first-order valence-corrected chi connectivity index (χ1v) is 7.41. The highest BCUT2D eigenvalue weighted by molar-refractivity contribution is 7.09. The van der Waals surface area contributed by atoms with Crippen molar-refractivity contribution in [3.8, 4) is 10.8 Å². The van der Waals surface area contributed by atoms with E-state index >= 15 is 0 Å². The Bertz CT molecular complexity index is 539. The van der Waals surface area contributed by atoms with E-state index in [-0.39, 0.29) is 6.10 Å². The van der Waals surface area contributed by atoms with Crippen LogP contribution in [0.4, 0.5) is 0 Å². The van der Waals surface area contributed by atoms with Gasteiger partial charge in [-0.1, -0.05) is 23.0 Å². The van der Waals surface area contributed by atoms with Gasteiger partial charge in [0.2, 0.25) is 0 Å². The van der Waals surface area contributed by atoms with Crippen LogP contribution < -0.4 is 5.73 Å². The summed E-state index contributed by atoms with van der Waals surface area (Å²) >= 11 is 1.26. The van der Waals surface area contributed by atoms with Gasteiger partial charge in [0.15, 0.2) is 5.82 Å². The molecule has 0 amide bonds. The summed E-state index contributed by atoms with van der Waals surface area (Å²) in [5, 5.41) is 7.99. The Labute approximate surface area is 121 Å². The summed E-state index contributed by atoms with van der Waals surface area (Å²) in [6, 6.07) is -0.398. The van der Waals surface area contributed by atoms with Gasteiger partial charge in [-0.25, -0.2) is 0 Å². The van der Waals surface area contributed by atoms with Gasteiger partial charge >= 0.3 is 0 Å². The van der Waals surface area contributed by atoms with Gasteiger partial charge in [-0.3, -0.25) is 0 Å². The molecule has 0 bridgehead atoms. The second kappa shape index (κ2) is 6.87. The largest absolute Gasteiger partial charge is 0.377 e. The molecule has 1 atom stereocenters. The Morgan fingerprint density at radius 1 is 1.40 bits per heavy atom. The standard InChI is InChI=1S/C12H19N5O2S/c1-4-5-9-10(20-17-15-9)12-14-11(16-19-12)8(13)6-18-7(2)3/h7-8H,4-6,13H2,1-3H3. The van der Waals surface area contributed by atoms with Crippen LogP contribution in [-0.4, -0.2) is 32.4 Å². The number of nitrogens with two attached hydrogens (primary N) is 1. The number of hydrogen-bond acceptors (Lipinski definition) is 8. The Morgan fingerprint density at radius 2 is 2.20 bits per heavy atom. The van der Waals surface area contributed by atoms with Crippen LogP contribution in [0, 0.1) is 0 Å². The SMILES string of the molecule is CCCc1nnsc1-c1nc(C(N)COC(C)C)no1. The molecule has 2 aromatic rings. The van der Waals surface area contributed by atoms with Crippen LogP contribution in [0.25, 0.3) is 10.8 Å². The van der Waals surface area contributed by atoms with Crippen LogP contribution in [0.15, 0.2) is 4.52 Å². The highest BCUT2D eigenvalue weighted by atomic mass is 32.1. The molecule has 2 heterocycles. The molecule has 0 saturated carbocycles. The van der Waals surface area contributed by atoms with Gasteiger partial charge in [0, 0.05) is 0 Å². The van der Waals surface area contributed by atoms with Crippen molar-refractivity contribution in [2.24, 2.45) is 5.73 Å². The lowest BCUT2D eigenvalue weighted by molar-refractivity contribution is 0.0665. The molecule has 7 nitrogen and oxygen atoms in total. The minimum absolute atomic E-state index is 0.120. The lowest BCUT2D eigenvalue weighted by Crippen LogP contribution is -2.20. The first kappa shape index (κ1) is 15.0. The van der Waals surface area contributed by atoms with E-state index in [1.807, 2.05) is 13.8 Å². The maximum absolute atomic E-state index is 5.97. The molecule has 0 spiro atoms. The molecule has 0 aliphatic rings. The highest BCUT2D eigenvalue weighted by Crippen LogP contribution is 2.26. The van der Waals surface area contributed by atoms with Crippen molar-refractivity contribution < 1.29 is 9.26 Å². The number of nitrogens with zero attached hydrogens (tertiary/aromatic N) is 4. The monoisotopic (exact) mass is 297 g/mol. The maximum atomic E-state index is 5.97. The van der Waals surface area contributed by atoms with Crippen LogP contribution in [0.3, 0.4) is 0 Å². The van der Waals surface area contributed by atoms with Gasteiger partial charge in [0.1, 0.15) is 4.88 Å². The molecule has 0 aromatic carbocycles. The first-order chi connectivity index (χ1) is 9.61. The summed E-state index contributed by atoms with van der Waals surface area (Å²) in [6.07, 6.45) is 1.95. The summed E-state index contributed by atoms with van der Waals surface area (Å²) < 4.78 is 14.6.